The summed E-state index contributed by atoms with van der Waals surface area (Å²) in [6.45, 7) is 11.8. The molecule has 5 heteroatoms. The van der Waals surface area contributed by atoms with E-state index >= 15 is 0 Å². The van der Waals surface area contributed by atoms with Crippen molar-refractivity contribution in [1.82, 2.24) is 20.2 Å². The topological polar surface area (TPSA) is 44.3 Å². The Morgan fingerprint density at radius 2 is 2.05 bits per heavy atom. The van der Waals surface area contributed by atoms with Gasteiger partial charge in [0.25, 0.3) is 0 Å². The maximum absolute atomic E-state index is 4.65. The van der Waals surface area contributed by atoms with Gasteiger partial charge in [0.15, 0.2) is 0 Å². The average molecular weight is 291 g/mol. The molecule has 1 fully saturated rings. The molecule has 2 rings (SSSR count). The molecule has 5 nitrogen and oxygen atoms in total. The van der Waals surface area contributed by atoms with Crippen molar-refractivity contribution in [3.05, 3.63) is 17.5 Å². The summed E-state index contributed by atoms with van der Waals surface area (Å²) in [6.07, 6.45) is 4.65. The van der Waals surface area contributed by atoms with Gasteiger partial charge >= 0.3 is 0 Å². The number of likely N-dealkylation sites (tertiary alicyclic amines) is 1. The second kappa shape index (κ2) is 7.71. The number of likely N-dealkylation sites (N-methyl/N-ethyl adjacent to an activating group) is 1. The lowest BCUT2D eigenvalue weighted by atomic mass is 10.2. The van der Waals surface area contributed by atoms with Crippen LogP contribution in [0.5, 0.6) is 0 Å². The van der Waals surface area contributed by atoms with Crippen molar-refractivity contribution >= 4 is 5.95 Å². The van der Waals surface area contributed by atoms with Crippen molar-refractivity contribution < 1.29 is 0 Å². The fourth-order valence-corrected chi connectivity index (χ4v) is 2.55. The van der Waals surface area contributed by atoms with Crippen molar-refractivity contribution in [2.75, 3.05) is 38.1 Å². The van der Waals surface area contributed by atoms with Crippen LogP contribution in [0, 0.1) is 6.92 Å². The predicted octanol–water partition coefficient (Wildman–Crippen LogP) is 1.82. The van der Waals surface area contributed by atoms with E-state index in [1.165, 1.54) is 31.5 Å². The Bertz CT molecular complexity index is 440. The van der Waals surface area contributed by atoms with Gasteiger partial charge in [0.2, 0.25) is 5.95 Å². The summed E-state index contributed by atoms with van der Waals surface area (Å²) in [6, 6.07) is 0.479. The molecule has 118 valence electrons. The second-order valence-electron chi connectivity index (χ2n) is 6.29. The number of aryl methyl sites for hydroxylation is 1. The first-order valence-corrected chi connectivity index (χ1v) is 8.05. The highest BCUT2D eigenvalue weighted by atomic mass is 15.3. The summed E-state index contributed by atoms with van der Waals surface area (Å²) in [7, 11) is 2.08. The van der Waals surface area contributed by atoms with Gasteiger partial charge in [0.1, 0.15) is 0 Å². The van der Waals surface area contributed by atoms with Gasteiger partial charge in [-0.25, -0.2) is 9.97 Å². The van der Waals surface area contributed by atoms with E-state index in [4.69, 9.17) is 0 Å². The van der Waals surface area contributed by atoms with E-state index in [0.29, 0.717) is 6.04 Å². The first-order valence-electron chi connectivity index (χ1n) is 8.05. The van der Waals surface area contributed by atoms with Crippen LogP contribution < -0.4 is 10.2 Å². The lowest BCUT2D eigenvalue weighted by Crippen LogP contribution is -2.32. The van der Waals surface area contributed by atoms with Gasteiger partial charge in [0, 0.05) is 50.2 Å². The molecule has 1 aliphatic heterocycles. The number of nitrogens with one attached hydrogen (secondary N) is 1. The van der Waals surface area contributed by atoms with Crippen LogP contribution in [0.4, 0.5) is 5.95 Å². The van der Waals surface area contributed by atoms with Gasteiger partial charge in [-0.05, 0) is 32.9 Å². The van der Waals surface area contributed by atoms with Crippen molar-refractivity contribution in [1.29, 1.82) is 0 Å². The fraction of sp³-hybridized carbons (Fsp3) is 0.750. The molecule has 0 atom stereocenters. The molecule has 1 aromatic rings. The highest BCUT2D eigenvalue weighted by Crippen LogP contribution is 2.11. The normalized spacial score (nSPS) is 15.9. The number of anilines is 1. The predicted molar refractivity (Wildman–Crippen MR) is 87.7 cm³/mol. The second-order valence-corrected chi connectivity index (χ2v) is 6.29. The molecule has 0 bridgehead atoms. The van der Waals surface area contributed by atoms with Gasteiger partial charge in [-0.15, -0.1) is 0 Å². The largest absolute Gasteiger partial charge is 0.343 e. The van der Waals surface area contributed by atoms with Gasteiger partial charge in [-0.2, -0.15) is 0 Å². The number of rotatable bonds is 7. The highest BCUT2D eigenvalue weighted by molar-refractivity contribution is 5.31. The minimum atomic E-state index is 0.479. The number of hydrogen-bond donors (Lipinski definition) is 1. The summed E-state index contributed by atoms with van der Waals surface area (Å²) in [4.78, 5) is 13.8. The minimum Gasteiger partial charge on any atom is -0.343 e. The van der Waals surface area contributed by atoms with Crippen LogP contribution in [0.1, 0.15) is 37.9 Å². The standard InChI is InChI=1S/C16H29N5/c1-13(2)17-11-15-12-18-16(19-14(15)3)20(4)9-10-21-7-5-6-8-21/h12-13,17H,5-11H2,1-4H3. The first kappa shape index (κ1) is 16.2. The number of hydrogen-bond acceptors (Lipinski definition) is 5. The Labute approximate surface area is 128 Å². The van der Waals surface area contributed by atoms with Crippen LogP contribution in [0.2, 0.25) is 0 Å². The Morgan fingerprint density at radius 3 is 2.67 bits per heavy atom. The molecule has 1 aromatic heterocycles. The molecule has 21 heavy (non-hydrogen) atoms. The van der Waals surface area contributed by atoms with E-state index in [-0.39, 0.29) is 0 Å². The SMILES string of the molecule is Cc1nc(N(C)CCN2CCCC2)ncc1CNC(C)C. The smallest absolute Gasteiger partial charge is 0.225 e. The van der Waals surface area contributed by atoms with E-state index in [1.54, 1.807) is 0 Å². The van der Waals surface area contributed by atoms with Crippen LogP contribution in [-0.2, 0) is 6.54 Å². The lowest BCUT2D eigenvalue weighted by Gasteiger charge is -2.22. The summed E-state index contributed by atoms with van der Waals surface area (Å²) in [5.41, 5.74) is 2.25. The molecule has 1 saturated heterocycles. The van der Waals surface area contributed by atoms with Crippen molar-refractivity contribution in [2.45, 2.75) is 46.2 Å². The molecule has 1 N–H and O–H groups in total. The van der Waals surface area contributed by atoms with Crippen LogP contribution in [-0.4, -0.2) is 54.1 Å². The molecule has 0 spiro atoms. The zero-order valence-corrected chi connectivity index (χ0v) is 13.9. The zero-order valence-electron chi connectivity index (χ0n) is 13.9. The minimum absolute atomic E-state index is 0.479. The maximum Gasteiger partial charge on any atom is 0.225 e. The Balaban J connectivity index is 1.88. The maximum atomic E-state index is 4.65. The van der Waals surface area contributed by atoms with Gasteiger partial charge in [-0.1, -0.05) is 13.8 Å². The molecule has 0 radical (unpaired) electrons. The lowest BCUT2D eigenvalue weighted by molar-refractivity contribution is 0.346. The van der Waals surface area contributed by atoms with E-state index in [2.05, 4.69) is 52.9 Å². The zero-order chi connectivity index (χ0) is 15.2. The van der Waals surface area contributed by atoms with E-state index in [1.807, 2.05) is 6.20 Å². The highest BCUT2D eigenvalue weighted by Gasteiger charge is 2.13. The third kappa shape index (κ3) is 4.93. The van der Waals surface area contributed by atoms with Gasteiger partial charge in [-0.3, -0.25) is 0 Å². The van der Waals surface area contributed by atoms with Crippen LogP contribution in [0.25, 0.3) is 0 Å². The molecule has 0 saturated carbocycles. The monoisotopic (exact) mass is 291 g/mol. The van der Waals surface area contributed by atoms with Crippen molar-refractivity contribution in [3.8, 4) is 0 Å². The summed E-state index contributed by atoms with van der Waals surface area (Å²) in [5.74, 6) is 0.833. The van der Waals surface area contributed by atoms with E-state index < -0.39 is 0 Å². The van der Waals surface area contributed by atoms with E-state index in [0.717, 1.165) is 31.3 Å². The summed E-state index contributed by atoms with van der Waals surface area (Å²) >= 11 is 0. The number of nitrogens with zero attached hydrogens (tertiary/aromatic N) is 4. The van der Waals surface area contributed by atoms with Crippen molar-refractivity contribution in [2.24, 2.45) is 0 Å². The third-order valence-corrected chi connectivity index (χ3v) is 4.06. The molecular weight excluding hydrogens is 262 g/mol. The average Bonchev–Trinajstić information content (AvgIpc) is 2.96. The molecule has 1 aliphatic rings. The van der Waals surface area contributed by atoms with Gasteiger partial charge in [0.05, 0.1) is 0 Å². The molecule has 2 heterocycles. The van der Waals surface area contributed by atoms with Crippen LogP contribution >= 0.6 is 0 Å². The fourth-order valence-electron chi connectivity index (χ4n) is 2.55. The third-order valence-electron chi connectivity index (χ3n) is 4.06. The Kier molecular flexibility index (Phi) is 5.94. The van der Waals surface area contributed by atoms with E-state index in [9.17, 15) is 0 Å². The first-order chi connectivity index (χ1) is 10.1. The molecule has 0 amide bonds. The molecule has 0 aliphatic carbocycles. The number of aromatic nitrogens is 2. The summed E-state index contributed by atoms with van der Waals surface area (Å²) < 4.78 is 0. The Morgan fingerprint density at radius 1 is 1.33 bits per heavy atom. The quantitative estimate of drug-likeness (QED) is 0.830. The van der Waals surface area contributed by atoms with Crippen LogP contribution in [0.3, 0.4) is 0 Å². The Hall–Kier alpha value is -1.20. The van der Waals surface area contributed by atoms with Crippen LogP contribution in [0.15, 0.2) is 6.20 Å². The molecule has 0 aromatic carbocycles. The molecular formula is C16H29N5. The summed E-state index contributed by atoms with van der Waals surface area (Å²) in [5, 5.41) is 3.41. The van der Waals surface area contributed by atoms with Gasteiger partial charge < -0.3 is 15.1 Å². The molecule has 0 unspecified atom stereocenters. The van der Waals surface area contributed by atoms with Crippen molar-refractivity contribution in [3.63, 3.8) is 0 Å².